The van der Waals surface area contributed by atoms with E-state index < -0.39 is 11.4 Å². The third-order valence-corrected chi connectivity index (χ3v) is 5.08. The minimum absolute atomic E-state index is 0.245. The standard InChI is InChI=1S/C18H20ClNO4/c19-14-7-2-1-6-13(14)15-12-20(10-5-11-24-15)16(21)18(17(22)23)8-3-4-9-18/h1-4,6-7,15H,5,8-12H2,(H,22,23). The average Bonchev–Trinajstić information content (AvgIpc) is 2.95. The van der Waals surface area contributed by atoms with Crippen LogP contribution in [0, 0.1) is 5.41 Å². The molecular weight excluding hydrogens is 330 g/mol. The molecule has 128 valence electrons. The van der Waals surface area contributed by atoms with E-state index >= 15 is 0 Å². The molecule has 1 heterocycles. The number of hydrogen-bond acceptors (Lipinski definition) is 3. The largest absolute Gasteiger partial charge is 0.480 e. The third kappa shape index (κ3) is 3.06. The molecule has 0 saturated carbocycles. The Morgan fingerprint density at radius 3 is 2.62 bits per heavy atom. The fraction of sp³-hybridized carbons (Fsp3) is 0.444. The number of allylic oxidation sites excluding steroid dienone is 2. The summed E-state index contributed by atoms with van der Waals surface area (Å²) in [5, 5.41) is 10.2. The maximum absolute atomic E-state index is 13.0. The third-order valence-electron chi connectivity index (χ3n) is 4.73. The Kier molecular flexibility index (Phi) is 4.92. The van der Waals surface area contributed by atoms with Gasteiger partial charge in [-0.3, -0.25) is 9.59 Å². The molecule has 0 aromatic heterocycles. The van der Waals surface area contributed by atoms with E-state index in [0.29, 0.717) is 31.1 Å². The van der Waals surface area contributed by atoms with Gasteiger partial charge in [-0.25, -0.2) is 0 Å². The van der Waals surface area contributed by atoms with Gasteiger partial charge in [-0.2, -0.15) is 0 Å². The lowest BCUT2D eigenvalue weighted by Crippen LogP contribution is -2.48. The molecule has 5 nitrogen and oxygen atoms in total. The van der Waals surface area contributed by atoms with E-state index in [-0.39, 0.29) is 24.9 Å². The summed E-state index contributed by atoms with van der Waals surface area (Å²) in [4.78, 5) is 26.4. The van der Waals surface area contributed by atoms with E-state index in [4.69, 9.17) is 16.3 Å². The van der Waals surface area contributed by atoms with Gasteiger partial charge in [0, 0.05) is 23.7 Å². The van der Waals surface area contributed by atoms with E-state index in [0.717, 1.165) is 5.56 Å². The highest BCUT2D eigenvalue weighted by Crippen LogP contribution is 2.37. The lowest BCUT2D eigenvalue weighted by atomic mass is 9.83. The van der Waals surface area contributed by atoms with Crippen molar-refractivity contribution in [3.05, 3.63) is 47.0 Å². The van der Waals surface area contributed by atoms with Crippen molar-refractivity contribution in [2.75, 3.05) is 19.7 Å². The Bertz CT molecular complexity index is 665. The molecule has 6 heteroatoms. The summed E-state index contributed by atoms with van der Waals surface area (Å²) in [5.41, 5.74) is -0.539. The number of nitrogens with zero attached hydrogens (tertiary/aromatic N) is 1. The minimum atomic E-state index is -1.37. The molecule has 1 aromatic rings. The minimum Gasteiger partial charge on any atom is -0.480 e. The fourth-order valence-corrected chi connectivity index (χ4v) is 3.59. The number of hydrogen-bond donors (Lipinski definition) is 1. The number of aliphatic carboxylic acids is 1. The monoisotopic (exact) mass is 349 g/mol. The molecule has 0 spiro atoms. The van der Waals surface area contributed by atoms with Crippen LogP contribution in [0.4, 0.5) is 0 Å². The van der Waals surface area contributed by atoms with Crippen LogP contribution in [0.15, 0.2) is 36.4 Å². The van der Waals surface area contributed by atoms with Crippen LogP contribution in [0.3, 0.4) is 0 Å². The van der Waals surface area contributed by atoms with E-state index in [1.807, 2.05) is 18.2 Å². The van der Waals surface area contributed by atoms with Crippen LogP contribution >= 0.6 is 11.6 Å². The van der Waals surface area contributed by atoms with Crippen LogP contribution in [-0.2, 0) is 14.3 Å². The van der Waals surface area contributed by atoms with Gasteiger partial charge in [0.2, 0.25) is 5.91 Å². The predicted octanol–water partition coefficient (Wildman–Crippen LogP) is 3.05. The molecule has 1 saturated heterocycles. The first-order valence-corrected chi connectivity index (χ1v) is 8.46. The van der Waals surface area contributed by atoms with Crippen LogP contribution in [0.5, 0.6) is 0 Å². The molecule has 1 fully saturated rings. The Hall–Kier alpha value is -1.85. The van der Waals surface area contributed by atoms with Gasteiger partial charge >= 0.3 is 5.97 Å². The second-order valence-corrected chi connectivity index (χ2v) is 6.66. The Morgan fingerprint density at radius 1 is 1.25 bits per heavy atom. The first kappa shape index (κ1) is 17.0. The van der Waals surface area contributed by atoms with Crippen molar-refractivity contribution in [3.8, 4) is 0 Å². The van der Waals surface area contributed by atoms with Gasteiger partial charge in [0.05, 0.1) is 6.54 Å². The Morgan fingerprint density at radius 2 is 1.96 bits per heavy atom. The molecule has 1 amide bonds. The highest BCUT2D eigenvalue weighted by molar-refractivity contribution is 6.31. The lowest BCUT2D eigenvalue weighted by molar-refractivity contribution is -0.160. The number of halogens is 1. The zero-order valence-electron chi connectivity index (χ0n) is 13.3. The maximum atomic E-state index is 13.0. The molecular formula is C18H20ClNO4. The van der Waals surface area contributed by atoms with Crippen LogP contribution in [0.25, 0.3) is 0 Å². The van der Waals surface area contributed by atoms with Crippen LogP contribution < -0.4 is 0 Å². The summed E-state index contributed by atoms with van der Waals surface area (Å²) in [6.45, 7) is 1.32. The van der Waals surface area contributed by atoms with Gasteiger partial charge in [0.15, 0.2) is 5.41 Å². The van der Waals surface area contributed by atoms with Gasteiger partial charge in [-0.15, -0.1) is 0 Å². The summed E-state index contributed by atoms with van der Waals surface area (Å²) < 4.78 is 5.86. The second kappa shape index (κ2) is 6.95. The number of carboxylic acids is 1. The molecule has 1 unspecified atom stereocenters. The summed E-state index contributed by atoms with van der Waals surface area (Å²) in [6.07, 6.45) is 4.36. The number of carboxylic acid groups (broad SMARTS) is 1. The highest BCUT2D eigenvalue weighted by Gasteiger charge is 2.49. The predicted molar refractivity (Wildman–Crippen MR) is 89.8 cm³/mol. The zero-order chi connectivity index (χ0) is 17.2. The smallest absolute Gasteiger partial charge is 0.319 e. The molecule has 1 N–H and O–H groups in total. The van der Waals surface area contributed by atoms with Gasteiger partial charge in [0.25, 0.3) is 0 Å². The average molecular weight is 350 g/mol. The SMILES string of the molecule is O=C(O)C1(C(=O)N2CCCOC(c3ccccc3Cl)C2)CC=CC1. The number of carbonyl (C=O) groups excluding carboxylic acids is 1. The van der Waals surface area contributed by atoms with Crippen molar-refractivity contribution < 1.29 is 19.4 Å². The van der Waals surface area contributed by atoms with Gasteiger partial charge in [-0.05, 0) is 25.3 Å². The van der Waals surface area contributed by atoms with Crippen LogP contribution in [0.2, 0.25) is 5.02 Å². The number of amides is 1. The Labute approximate surface area is 145 Å². The summed E-state index contributed by atoms with van der Waals surface area (Å²) in [7, 11) is 0. The van der Waals surface area contributed by atoms with Crippen molar-refractivity contribution in [1.82, 2.24) is 4.90 Å². The summed E-state index contributed by atoms with van der Waals surface area (Å²) in [6, 6.07) is 7.39. The summed E-state index contributed by atoms with van der Waals surface area (Å²) in [5.74, 6) is -1.39. The molecule has 1 atom stereocenters. The molecule has 1 aliphatic heterocycles. The van der Waals surface area contributed by atoms with E-state index in [1.54, 1.807) is 23.1 Å². The van der Waals surface area contributed by atoms with Gasteiger partial charge in [0.1, 0.15) is 6.10 Å². The van der Waals surface area contributed by atoms with Crippen molar-refractivity contribution in [1.29, 1.82) is 0 Å². The van der Waals surface area contributed by atoms with Crippen LogP contribution in [-0.4, -0.2) is 41.6 Å². The van der Waals surface area contributed by atoms with E-state index in [1.165, 1.54) is 0 Å². The molecule has 0 radical (unpaired) electrons. The number of ether oxygens (including phenoxy) is 1. The molecule has 3 rings (SSSR count). The molecule has 1 aromatic carbocycles. The first-order valence-electron chi connectivity index (χ1n) is 8.08. The highest BCUT2D eigenvalue weighted by atomic mass is 35.5. The molecule has 2 aliphatic rings. The van der Waals surface area contributed by atoms with Gasteiger partial charge in [-0.1, -0.05) is 42.0 Å². The number of carbonyl (C=O) groups is 2. The van der Waals surface area contributed by atoms with Crippen molar-refractivity contribution in [3.63, 3.8) is 0 Å². The lowest BCUT2D eigenvalue weighted by Gasteiger charge is -2.32. The quantitative estimate of drug-likeness (QED) is 0.672. The number of benzene rings is 1. The fourth-order valence-electron chi connectivity index (χ4n) is 3.33. The van der Waals surface area contributed by atoms with Gasteiger partial charge < -0.3 is 14.7 Å². The number of rotatable bonds is 3. The first-order chi connectivity index (χ1) is 11.5. The van der Waals surface area contributed by atoms with E-state index in [2.05, 4.69) is 0 Å². The van der Waals surface area contributed by atoms with Crippen molar-refractivity contribution in [2.45, 2.75) is 25.4 Å². The molecule has 24 heavy (non-hydrogen) atoms. The normalized spacial score (nSPS) is 23.0. The summed E-state index contributed by atoms with van der Waals surface area (Å²) >= 11 is 6.26. The Balaban J connectivity index is 1.84. The second-order valence-electron chi connectivity index (χ2n) is 6.25. The van der Waals surface area contributed by atoms with E-state index in [9.17, 15) is 14.7 Å². The molecule has 0 bridgehead atoms. The maximum Gasteiger partial charge on any atom is 0.319 e. The van der Waals surface area contributed by atoms with Crippen molar-refractivity contribution in [2.24, 2.45) is 5.41 Å². The molecule has 1 aliphatic carbocycles. The van der Waals surface area contributed by atoms with Crippen molar-refractivity contribution >= 4 is 23.5 Å². The van der Waals surface area contributed by atoms with Crippen LogP contribution in [0.1, 0.15) is 30.9 Å². The topological polar surface area (TPSA) is 66.8 Å². The zero-order valence-corrected chi connectivity index (χ0v) is 14.0.